The summed E-state index contributed by atoms with van der Waals surface area (Å²) in [6.45, 7) is 3.53. The Bertz CT molecular complexity index is 1290. The van der Waals surface area contributed by atoms with Gasteiger partial charge in [-0.25, -0.2) is 18.2 Å². The van der Waals surface area contributed by atoms with Gasteiger partial charge in [0, 0.05) is 23.2 Å². The van der Waals surface area contributed by atoms with Gasteiger partial charge in [-0.1, -0.05) is 0 Å². The van der Waals surface area contributed by atoms with Crippen LogP contribution in [-0.2, 0) is 27.8 Å². The molecular formula is C19H19N3O5S2. The van der Waals surface area contributed by atoms with Crippen LogP contribution in [0.15, 0.2) is 34.4 Å². The lowest BCUT2D eigenvalue weighted by molar-refractivity contribution is 0.0467. The number of anilines is 1. The van der Waals surface area contributed by atoms with Crippen LogP contribution >= 0.6 is 11.3 Å². The number of carbonyl (C=O) groups is 1. The van der Waals surface area contributed by atoms with E-state index in [2.05, 4.69) is 4.98 Å². The van der Waals surface area contributed by atoms with Crippen molar-refractivity contribution >= 4 is 38.0 Å². The van der Waals surface area contributed by atoms with E-state index >= 15 is 0 Å². The minimum atomic E-state index is -3.39. The second kappa shape index (κ2) is 6.96. The summed E-state index contributed by atoms with van der Waals surface area (Å²) in [6, 6.07) is 5.99. The molecule has 2 aromatic heterocycles. The van der Waals surface area contributed by atoms with E-state index in [1.54, 1.807) is 18.2 Å². The predicted molar refractivity (Wildman–Crippen MR) is 110 cm³/mol. The molecule has 3 aromatic rings. The molecule has 1 aliphatic heterocycles. The fourth-order valence-corrected chi connectivity index (χ4v) is 5.79. The molecule has 0 spiro atoms. The molecule has 0 saturated carbocycles. The topological polar surface area (TPSA) is 98.0 Å². The molecule has 0 bridgehead atoms. The van der Waals surface area contributed by atoms with Crippen LogP contribution < -0.4 is 9.86 Å². The number of nitrogens with zero attached hydrogens (tertiary/aromatic N) is 3. The van der Waals surface area contributed by atoms with Crippen LogP contribution in [0.3, 0.4) is 0 Å². The van der Waals surface area contributed by atoms with E-state index in [1.807, 2.05) is 19.2 Å². The molecule has 1 aliphatic rings. The van der Waals surface area contributed by atoms with Gasteiger partial charge >= 0.3 is 5.97 Å². The molecule has 0 amide bonds. The van der Waals surface area contributed by atoms with Crippen molar-refractivity contribution in [3.05, 3.63) is 62.5 Å². The first-order chi connectivity index (χ1) is 13.6. The smallest absolute Gasteiger partial charge is 0.338 e. The number of sulfonamides is 1. The van der Waals surface area contributed by atoms with E-state index in [-0.39, 0.29) is 18.2 Å². The Balaban J connectivity index is 1.53. The number of ether oxygens (including phenoxy) is 1. The molecule has 1 unspecified atom stereocenters. The summed E-state index contributed by atoms with van der Waals surface area (Å²) in [5, 5.41) is 1.84. The van der Waals surface area contributed by atoms with Crippen LogP contribution in [0.4, 0.5) is 5.69 Å². The Morgan fingerprint density at radius 3 is 2.83 bits per heavy atom. The average Bonchev–Trinajstić information content (AvgIpc) is 3.18. The molecule has 152 valence electrons. The second-order valence-electron chi connectivity index (χ2n) is 7.11. The number of hydrogen-bond donors (Lipinski definition) is 0. The highest BCUT2D eigenvalue weighted by Crippen LogP contribution is 2.34. The second-order valence-corrected chi connectivity index (χ2v) is 9.81. The lowest BCUT2D eigenvalue weighted by Crippen LogP contribution is -2.34. The molecule has 0 saturated heterocycles. The van der Waals surface area contributed by atoms with Gasteiger partial charge in [0.2, 0.25) is 10.0 Å². The van der Waals surface area contributed by atoms with Crippen LogP contribution in [0, 0.1) is 6.92 Å². The molecule has 0 N–H and O–H groups in total. The van der Waals surface area contributed by atoms with Crippen molar-refractivity contribution in [3.8, 4) is 0 Å². The zero-order chi connectivity index (χ0) is 20.9. The molecule has 0 aliphatic carbocycles. The first kappa shape index (κ1) is 19.6. The SMILES string of the molecule is Cc1csc2nc(COC(=O)c3ccc4c(c3)CC(C)N4S(C)(=O)=O)cc(=O)n12. The Kier molecular flexibility index (Phi) is 4.70. The molecule has 0 fully saturated rings. The van der Waals surface area contributed by atoms with Crippen molar-refractivity contribution in [2.75, 3.05) is 10.6 Å². The van der Waals surface area contributed by atoms with Crippen LogP contribution in [0.25, 0.3) is 4.96 Å². The van der Waals surface area contributed by atoms with E-state index in [1.165, 1.54) is 32.4 Å². The summed E-state index contributed by atoms with van der Waals surface area (Å²) in [6.07, 6.45) is 1.69. The van der Waals surface area contributed by atoms with E-state index < -0.39 is 16.0 Å². The number of aromatic nitrogens is 2. The average molecular weight is 434 g/mol. The number of benzene rings is 1. The number of thiazole rings is 1. The third-order valence-corrected chi connectivity index (χ3v) is 7.02. The van der Waals surface area contributed by atoms with Gasteiger partial charge in [0.15, 0.2) is 4.96 Å². The number of carbonyl (C=O) groups excluding carboxylic acids is 1. The predicted octanol–water partition coefficient (Wildman–Crippen LogP) is 2.13. The summed E-state index contributed by atoms with van der Waals surface area (Å²) < 4.78 is 32.2. The third kappa shape index (κ3) is 3.53. The fraction of sp³-hybridized carbons (Fsp3) is 0.316. The van der Waals surface area contributed by atoms with Crippen molar-refractivity contribution in [2.24, 2.45) is 0 Å². The van der Waals surface area contributed by atoms with Crippen molar-refractivity contribution < 1.29 is 17.9 Å². The zero-order valence-corrected chi connectivity index (χ0v) is 17.7. The van der Waals surface area contributed by atoms with Crippen LogP contribution in [0.5, 0.6) is 0 Å². The third-order valence-electron chi connectivity index (χ3n) is 4.81. The number of rotatable bonds is 4. The van der Waals surface area contributed by atoms with E-state index in [0.29, 0.717) is 28.3 Å². The van der Waals surface area contributed by atoms with Gasteiger partial charge in [-0.2, -0.15) is 0 Å². The van der Waals surface area contributed by atoms with Gasteiger partial charge in [0.25, 0.3) is 5.56 Å². The fourth-order valence-electron chi connectivity index (χ4n) is 3.63. The van der Waals surface area contributed by atoms with E-state index in [9.17, 15) is 18.0 Å². The highest BCUT2D eigenvalue weighted by Gasteiger charge is 2.32. The minimum Gasteiger partial charge on any atom is -0.456 e. The maximum absolute atomic E-state index is 12.5. The highest BCUT2D eigenvalue weighted by molar-refractivity contribution is 7.92. The molecule has 1 atom stereocenters. The molecular weight excluding hydrogens is 414 g/mol. The van der Waals surface area contributed by atoms with Crippen molar-refractivity contribution in [3.63, 3.8) is 0 Å². The Labute approximate surface area is 171 Å². The lowest BCUT2D eigenvalue weighted by atomic mass is 10.1. The molecule has 29 heavy (non-hydrogen) atoms. The van der Waals surface area contributed by atoms with Gasteiger partial charge in [-0.3, -0.25) is 13.5 Å². The van der Waals surface area contributed by atoms with Crippen molar-refractivity contribution in [1.82, 2.24) is 9.38 Å². The molecule has 1 aromatic carbocycles. The van der Waals surface area contributed by atoms with Crippen molar-refractivity contribution in [1.29, 1.82) is 0 Å². The van der Waals surface area contributed by atoms with Crippen LogP contribution in [0.2, 0.25) is 0 Å². The zero-order valence-electron chi connectivity index (χ0n) is 16.1. The van der Waals surface area contributed by atoms with Crippen molar-refractivity contribution in [2.45, 2.75) is 32.9 Å². The van der Waals surface area contributed by atoms with E-state index in [4.69, 9.17) is 4.74 Å². The molecule has 4 rings (SSSR count). The molecule has 3 heterocycles. The highest BCUT2D eigenvalue weighted by atomic mass is 32.2. The standard InChI is InChI=1S/C19H19N3O5S2/c1-11-6-14-7-13(4-5-16(14)22(11)29(3,25)26)18(24)27-9-15-8-17(23)21-12(2)10-28-19(21)20-15/h4-5,7-8,10-11H,6,9H2,1-3H3. The normalized spacial score (nSPS) is 16.2. The van der Waals surface area contributed by atoms with Gasteiger partial charge in [-0.15, -0.1) is 11.3 Å². The first-order valence-corrected chi connectivity index (χ1v) is 11.6. The van der Waals surface area contributed by atoms with Gasteiger partial charge in [0.05, 0.1) is 23.2 Å². The minimum absolute atomic E-state index is 0.121. The molecule has 0 radical (unpaired) electrons. The first-order valence-electron chi connectivity index (χ1n) is 8.91. The summed E-state index contributed by atoms with van der Waals surface area (Å²) in [5.41, 5.74) is 2.67. The quantitative estimate of drug-likeness (QED) is 0.585. The van der Waals surface area contributed by atoms with Crippen LogP contribution in [0.1, 0.15) is 34.2 Å². The van der Waals surface area contributed by atoms with Gasteiger partial charge < -0.3 is 4.74 Å². The summed E-state index contributed by atoms with van der Waals surface area (Å²) >= 11 is 1.35. The number of fused-ring (bicyclic) bond motifs is 2. The van der Waals surface area contributed by atoms with Gasteiger partial charge in [-0.05, 0) is 44.0 Å². The largest absolute Gasteiger partial charge is 0.456 e. The summed E-state index contributed by atoms with van der Waals surface area (Å²) in [4.78, 5) is 29.6. The number of aryl methyl sites for hydroxylation is 1. The van der Waals surface area contributed by atoms with Gasteiger partial charge in [0.1, 0.15) is 6.61 Å². The maximum atomic E-state index is 12.5. The maximum Gasteiger partial charge on any atom is 0.338 e. The Morgan fingerprint density at radius 1 is 1.34 bits per heavy atom. The molecule has 10 heteroatoms. The van der Waals surface area contributed by atoms with E-state index in [0.717, 1.165) is 11.3 Å². The summed E-state index contributed by atoms with van der Waals surface area (Å²) in [5.74, 6) is -0.553. The van der Waals surface area contributed by atoms with Crippen LogP contribution in [-0.4, -0.2) is 36.1 Å². The molecule has 8 nitrogen and oxygen atoms in total. The Hall–Kier alpha value is -2.72. The monoisotopic (exact) mass is 433 g/mol. The number of esters is 1. The summed E-state index contributed by atoms with van der Waals surface area (Å²) in [7, 11) is -3.39. The number of hydrogen-bond acceptors (Lipinski definition) is 7. The Morgan fingerprint density at radius 2 is 2.10 bits per heavy atom. The lowest BCUT2D eigenvalue weighted by Gasteiger charge is -2.21.